The van der Waals surface area contributed by atoms with E-state index in [0.29, 0.717) is 0 Å². The summed E-state index contributed by atoms with van der Waals surface area (Å²) in [6, 6.07) is 6.29. The zero-order valence-electron chi connectivity index (χ0n) is 21.6. The predicted molar refractivity (Wildman–Crippen MR) is 139 cm³/mol. The van der Waals surface area contributed by atoms with E-state index in [0.717, 1.165) is 25.0 Å². The third kappa shape index (κ3) is 12.2. The predicted octanol–water partition coefficient (Wildman–Crippen LogP) is 6.61. The molecule has 1 aromatic carbocycles. The molecule has 0 saturated carbocycles. The highest BCUT2D eigenvalue weighted by atomic mass is 16.5. The van der Waals surface area contributed by atoms with Crippen LogP contribution in [-0.2, 0) is 12.8 Å². The van der Waals surface area contributed by atoms with Crippen LogP contribution in [-0.4, -0.2) is 41.7 Å². The SMILES string of the molecule is CCCCCCCCCc1cccc(OCC(CO)(CO)CO)c1CCCCCCCCC. The molecule has 0 fully saturated rings. The fraction of sp³-hybridized carbons (Fsp3) is 0.793. The first-order valence-electron chi connectivity index (χ1n) is 13.7. The number of rotatable bonds is 22. The highest BCUT2D eigenvalue weighted by Gasteiger charge is 2.29. The lowest BCUT2D eigenvalue weighted by Gasteiger charge is -2.28. The first-order valence-corrected chi connectivity index (χ1v) is 13.7. The molecular formula is C29H52O4. The normalized spacial score (nSPS) is 11.8. The lowest BCUT2D eigenvalue weighted by molar-refractivity contribution is -0.0260. The van der Waals surface area contributed by atoms with Gasteiger partial charge in [-0.3, -0.25) is 0 Å². The maximum atomic E-state index is 9.66. The van der Waals surface area contributed by atoms with Gasteiger partial charge in [0.25, 0.3) is 0 Å². The van der Waals surface area contributed by atoms with Gasteiger partial charge < -0.3 is 20.1 Å². The number of ether oxygens (including phenoxy) is 1. The molecule has 3 N–H and O–H groups in total. The van der Waals surface area contributed by atoms with Gasteiger partial charge in [-0.2, -0.15) is 0 Å². The summed E-state index contributed by atoms with van der Waals surface area (Å²) in [6.07, 6.45) is 20.2. The summed E-state index contributed by atoms with van der Waals surface area (Å²) in [4.78, 5) is 0. The van der Waals surface area contributed by atoms with Crippen molar-refractivity contribution < 1.29 is 20.1 Å². The molecule has 0 aromatic heterocycles. The van der Waals surface area contributed by atoms with Crippen LogP contribution in [0.2, 0.25) is 0 Å². The molecular weight excluding hydrogens is 412 g/mol. The average molecular weight is 465 g/mol. The molecule has 1 aromatic rings. The van der Waals surface area contributed by atoms with Gasteiger partial charge in [0.1, 0.15) is 12.4 Å². The fourth-order valence-corrected chi connectivity index (χ4v) is 4.31. The van der Waals surface area contributed by atoms with Crippen molar-refractivity contribution in [1.29, 1.82) is 0 Å². The van der Waals surface area contributed by atoms with Crippen LogP contribution < -0.4 is 4.74 Å². The van der Waals surface area contributed by atoms with E-state index in [9.17, 15) is 15.3 Å². The maximum Gasteiger partial charge on any atom is 0.122 e. The molecule has 1 rings (SSSR count). The van der Waals surface area contributed by atoms with Crippen LogP contribution in [0.5, 0.6) is 5.75 Å². The first-order chi connectivity index (χ1) is 16.2. The average Bonchev–Trinajstić information content (AvgIpc) is 2.85. The molecule has 0 unspecified atom stereocenters. The third-order valence-electron chi connectivity index (χ3n) is 6.85. The van der Waals surface area contributed by atoms with Crippen molar-refractivity contribution >= 4 is 0 Å². The summed E-state index contributed by atoms with van der Waals surface area (Å²) in [5, 5.41) is 29.0. The Morgan fingerprint density at radius 2 is 1.12 bits per heavy atom. The summed E-state index contributed by atoms with van der Waals surface area (Å²) in [5.41, 5.74) is 1.64. The van der Waals surface area contributed by atoms with Crippen LogP contribution in [0.25, 0.3) is 0 Å². The molecule has 0 heterocycles. The van der Waals surface area contributed by atoms with E-state index in [4.69, 9.17) is 4.74 Å². The zero-order valence-corrected chi connectivity index (χ0v) is 21.6. The van der Waals surface area contributed by atoms with Crippen molar-refractivity contribution in [3.63, 3.8) is 0 Å². The molecule has 0 atom stereocenters. The summed E-state index contributed by atoms with van der Waals surface area (Å²) < 4.78 is 6.12. The number of benzene rings is 1. The minimum absolute atomic E-state index is 0.112. The second-order valence-electron chi connectivity index (χ2n) is 9.90. The van der Waals surface area contributed by atoms with Crippen molar-refractivity contribution in [2.24, 2.45) is 5.41 Å². The van der Waals surface area contributed by atoms with E-state index in [1.54, 1.807) is 0 Å². The Balaban J connectivity index is 2.72. The van der Waals surface area contributed by atoms with E-state index in [1.165, 1.54) is 94.6 Å². The number of unbranched alkanes of at least 4 members (excludes halogenated alkanes) is 12. The molecule has 4 nitrogen and oxygen atoms in total. The zero-order chi connectivity index (χ0) is 24.2. The van der Waals surface area contributed by atoms with Crippen molar-refractivity contribution in [1.82, 2.24) is 0 Å². The van der Waals surface area contributed by atoms with E-state index >= 15 is 0 Å². The number of hydrogen-bond acceptors (Lipinski definition) is 4. The van der Waals surface area contributed by atoms with Gasteiger partial charge in [0.2, 0.25) is 0 Å². The Kier molecular flexibility index (Phi) is 17.4. The van der Waals surface area contributed by atoms with Crippen LogP contribution in [0.4, 0.5) is 0 Å². The fourth-order valence-electron chi connectivity index (χ4n) is 4.31. The molecule has 4 heteroatoms. The maximum absolute atomic E-state index is 9.66. The van der Waals surface area contributed by atoms with E-state index in [-0.39, 0.29) is 26.4 Å². The molecule has 0 spiro atoms. The van der Waals surface area contributed by atoms with Gasteiger partial charge in [0.05, 0.1) is 25.2 Å². The van der Waals surface area contributed by atoms with Crippen LogP contribution >= 0.6 is 0 Å². The quantitative estimate of drug-likeness (QED) is 0.169. The molecule has 0 aliphatic carbocycles. The van der Waals surface area contributed by atoms with E-state index in [1.807, 2.05) is 6.07 Å². The number of aliphatic hydroxyl groups is 3. The van der Waals surface area contributed by atoms with Crippen LogP contribution in [0, 0.1) is 5.41 Å². The second-order valence-corrected chi connectivity index (χ2v) is 9.90. The number of aliphatic hydroxyl groups excluding tert-OH is 3. The van der Waals surface area contributed by atoms with Crippen LogP contribution in [0.1, 0.15) is 115 Å². The van der Waals surface area contributed by atoms with Gasteiger partial charge in [-0.15, -0.1) is 0 Å². The summed E-state index contributed by atoms with van der Waals surface area (Å²) in [6.45, 7) is 3.72. The van der Waals surface area contributed by atoms with Crippen LogP contribution in [0.3, 0.4) is 0 Å². The lowest BCUT2D eigenvalue weighted by Crippen LogP contribution is -2.40. The standard InChI is InChI=1S/C29H52O4/c1-3-5-7-9-11-13-15-18-26-19-17-21-28(33-25-29(22-30,23-31)24-32)27(26)20-16-14-12-10-8-6-4-2/h17,19,21,30-32H,3-16,18,20,22-25H2,1-2H3. The van der Waals surface area contributed by atoms with Crippen molar-refractivity contribution in [3.05, 3.63) is 29.3 Å². The summed E-state index contributed by atoms with van der Waals surface area (Å²) >= 11 is 0. The topological polar surface area (TPSA) is 69.9 Å². The first kappa shape index (κ1) is 29.9. The molecule has 0 saturated heterocycles. The van der Waals surface area contributed by atoms with Crippen LogP contribution in [0.15, 0.2) is 18.2 Å². The highest BCUT2D eigenvalue weighted by Crippen LogP contribution is 2.28. The molecule has 33 heavy (non-hydrogen) atoms. The lowest BCUT2D eigenvalue weighted by atomic mass is 9.92. The van der Waals surface area contributed by atoms with Gasteiger partial charge in [0, 0.05) is 0 Å². The highest BCUT2D eigenvalue weighted by molar-refractivity contribution is 5.40. The molecule has 0 aliphatic heterocycles. The van der Waals surface area contributed by atoms with Gasteiger partial charge in [-0.05, 0) is 42.9 Å². The van der Waals surface area contributed by atoms with Crippen molar-refractivity contribution in [3.8, 4) is 5.75 Å². The molecule has 0 radical (unpaired) electrons. The van der Waals surface area contributed by atoms with Gasteiger partial charge in [0.15, 0.2) is 0 Å². The van der Waals surface area contributed by atoms with Gasteiger partial charge >= 0.3 is 0 Å². The Hall–Kier alpha value is -1.10. The third-order valence-corrected chi connectivity index (χ3v) is 6.85. The molecule has 0 aliphatic rings. The molecule has 0 amide bonds. The van der Waals surface area contributed by atoms with E-state index < -0.39 is 5.41 Å². The largest absolute Gasteiger partial charge is 0.492 e. The smallest absolute Gasteiger partial charge is 0.122 e. The molecule has 0 bridgehead atoms. The minimum Gasteiger partial charge on any atom is -0.492 e. The van der Waals surface area contributed by atoms with Gasteiger partial charge in [-0.25, -0.2) is 0 Å². The minimum atomic E-state index is -1.01. The second kappa shape index (κ2) is 19.2. The van der Waals surface area contributed by atoms with E-state index in [2.05, 4.69) is 26.0 Å². The molecule has 192 valence electrons. The Morgan fingerprint density at radius 1 is 0.636 bits per heavy atom. The Morgan fingerprint density at radius 3 is 1.64 bits per heavy atom. The summed E-state index contributed by atoms with van der Waals surface area (Å²) in [7, 11) is 0. The van der Waals surface area contributed by atoms with Gasteiger partial charge in [-0.1, -0.05) is 103 Å². The summed E-state index contributed by atoms with van der Waals surface area (Å²) in [5.74, 6) is 0.848. The number of hydrogen-bond donors (Lipinski definition) is 3. The van der Waals surface area contributed by atoms with Crippen molar-refractivity contribution in [2.75, 3.05) is 26.4 Å². The van der Waals surface area contributed by atoms with Crippen molar-refractivity contribution in [2.45, 2.75) is 117 Å². The monoisotopic (exact) mass is 464 g/mol. The Bertz CT molecular complexity index is 575. The number of aryl methyl sites for hydroxylation is 1. The Labute approximate surface area is 203 Å².